The van der Waals surface area contributed by atoms with Crippen LogP contribution in [-0.2, 0) is 26.2 Å². The molecule has 212 valence electrons. The summed E-state index contributed by atoms with van der Waals surface area (Å²) in [6.45, 7) is 2.97. The van der Waals surface area contributed by atoms with E-state index in [0.29, 0.717) is 21.3 Å². The Morgan fingerprint density at radius 3 is 2.27 bits per heavy atom. The van der Waals surface area contributed by atoms with Gasteiger partial charge in [-0.05, 0) is 80.3 Å². The van der Waals surface area contributed by atoms with Crippen LogP contribution in [0.15, 0.2) is 77.7 Å². The summed E-state index contributed by atoms with van der Waals surface area (Å²) in [5, 5.41) is 4.01. The average molecular weight is 603 g/mol. The summed E-state index contributed by atoms with van der Waals surface area (Å²) in [4.78, 5) is 28.8. The van der Waals surface area contributed by atoms with Gasteiger partial charge in [0.25, 0.3) is 10.0 Å². The summed E-state index contributed by atoms with van der Waals surface area (Å²) in [6, 6.07) is 19.0. The predicted molar refractivity (Wildman–Crippen MR) is 159 cm³/mol. The van der Waals surface area contributed by atoms with Crippen LogP contribution in [0.2, 0.25) is 10.0 Å². The zero-order valence-electron chi connectivity index (χ0n) is 22.5. The highest BCUT2D eigenvalue weighted by molar-refractivity contribution is 7.92. The molecule has 40 heavy (non-hydrogen) atoms. The zero-order chi connectivity index (χ0) is 28.9. The van der Waals surface area contributed by atoms with Crippen LogP contribution in [0.4, 0.5) is 5.69 Å². The molecule has 0 heterocycles. The van der Waals surface area contributed by atoms with Crippen LogP contribution in [0.25, 0.3) is 0 Å². The highest BCUT2D eigenvalue weighted by atomic mass is 35.5. The molecule has 0 aliphatic heterocycles. The highest BCUT2D eigenvalue weighted by Gasteiger charge is 2.33. The van der Waals surface area contributed by atoms with Gasteiger partial charge in [-0.1, -0.05) is 66.4 Å². The first kappa shape index (κ1) is 29.9. The molecular weight excluding hydrogens is 569 g/mol. The molecule has 0 aromatic heterocycles. The van der Waals surface area contributed by atoms with E-state index in [0.717, 1.165) is 35.6 Å². The zero-order valence-corrected chi connectivity index (χ0v) is 24.8. The van der Waals surface area contributed by atoms with Crippen molar-refractivity contribution in [2.24, 2.45) is 0 Å². The number of carbonyl (C=O) groups is 2. The maximum atomic E-state index is 14.0. The average Bonchev–Trinajstić information content (AvgIpc) is 3.44. The molecular formula is C30H33Cl2N3O4S. The standard InChI is InChI=1S/C30H33Cl2N3O4S/c1-21-17-25(32)15-16-28(21)35(40(38,39)27-13-4-3-5-14-27)20-29(36)34(19-23-9-8-10-24(31)18-23)22(2)30(37)33-26-11-6-7-12-26/h3-5,8-10,13-18,22,26H,6-7,11-12,19-20H2,1-2H3,(H,33,37)/t22-/m1/s1. The third-order valence-corrected chi connectivity index (χ3v) is 9.39. The number of benzene rings is 3. The molecule has 10 heteroatoms. The number of nitrogens with one attached hydrogen (secondary N) is 1. The smallest absolute Gasteiger partial charge is 0.264 e. The van der Waals surface area contributed by atoms with Crippen LogP contribution in [0.5, 0.6) is 0 Å². The number of hydrogen-bond acceptors (Lipinski definition) is 4. The lowest BCUT2D eigenvalue weighted by Gasteiger charge is -2.33. The molecule has 1 aliphatic rings. The summed E-state index contributed by atoms with van der Waals surface area (Å²) in [5.74, 6) is -0.801. The molecule has 3 aromatic rings. The van der Waals surface area contributed by atoms with E-state index in [4.69, 9.17) is 23.2 Å². The van der Waals surface area contributed by atoms with Crippen molar-refractivity contribution in [3.63, 3.8) is 0 Å². The molecule has 0 radical (unpaired) electrons. The normalized spacial score (nSPS) is 14.5. The lowest BCUT2D eigenvalue weighted by molar-refractivity contribution is -0.139. The van der Waals surface area contributed by atoms with Crippen LogP contribution in [0.3, 0.4) is 0 Å². The fourth-order valence-corrected chi connectivity index (χ4v) is 6.88. The quantitative estimate of drug-likeness (QED) is 0.310. The van der Waals surface area contributed by atoms with Gasteiger partial charge in [0.1, 0.15) is 12.6 Å². The highest BCUT2D eigenvalue weighted by Crippen LogP contribution is 2.29. The van der Waals surface area contributed by atoms with Crippen molar-refractivity contribution in [2.45, 2.75) is 63.1 Å². The largest absolute Gasteiger partial charge is 0.352 e. The summed E-state index contributed by atoms with van der Waals surface area (Å²) in [6.07, 6.45) is 3.91. The first-order valence-corrected chi connectivity index (χ1v) is 15.4. The van der Waals surface area contributed by atoms with Gasteiger partial charge in [-0.15, -0.1) is 0 Å². The minimum atomic E-state index is -4.14. The van der Waals surface area contributed by atoms with Crippen molar-refractivity contribution < 1.29 is 18.0 Å². The Morgan fingerprint density at radius 2 is 1.62 bits per heavy atom. The lowest BCUT2D eigenvalue weighted by Crippen LogP contribution is -2.52. The van der Waals surface area contributed by atoms with Gasteiger partial charge in [0.05, 0.1) is 10.6 Å². The number of hydrogen-bond donors (Lipinski definition) is 1. The number of rotatable bonds is 10. The number of halogens is 2. The minimum absolute atomic E-state index is 0.0468. The Bertz CT molecular complexity index is 1460. The molecule has 7 nitrogen and oxygen atoms in total. The Hall–Kier alpha value is -3.07. The second kappa shape index (κ2) is 13.1. The van der Waals surface area contributed by atoms with Crippen LogP contribution in [0.1, 0.15) is 43.7 Å². The number of carbonyl (C=O) groups excluding carboxylic acids is 2. The molecule has 3 aromatic carbocycles. The molecule has 0 spiro atoms. The maximum absolute atomic E-state index is 14.0. The summed E-state index contributed by atoms with van der Waals surface area (Å²) in [7, 11) is -4.14. The van der Waals surface area contributed by atoms with Gasteiger partial charge < -0.3 is 10.2 Å². The van der Waals surface area contributed by atoms with E-state index in [9.17, 15) is 18.0 Å². The molecule has 2 amide bonds. The number of aryl methyl sites for hydroxylation is 1. The first-order valence-electron chi connectivity index (χ1n) is 13.2. The third-order valence-electron chi connectivity index (χ3n) is 7.15. The van der Waals surface area contributed by atoms with E-state index < -0.39 is 28.5 Å². The third kappa shape index (κ3) is 7.16. The number of nitrogens with zero attached hydrogens (tertiary/aromatic N) is 2. The van der Waals surface area contributed by atoms with Crippen molar-refractivity contribution in [3.8, 4) is 0 Å². The summed E-state index contributed by atoms with van der Waals surface area (Å²) >= 11 is 12.4. The minimum Gasteiger partial charge on any atom is -0.352 e. The van der Waals surface area contributed by atoms with Crippen LogP contribution >= 0.6 is 23.2 Å². The van der Waals surface area contributed by atoms with Crippen LogP contribution in [0, 0.1) is 6.92 Å². The van der Waals surface area contributed by atoms with Gasteiger partial charge in [-0.3, -0.25) is 13.9 Å². The molecule has 1 N–H and O–H groups in total. The monoisotopic (exact) mass is 601 g/mol. The Balaban J connectivity index is 1.70. The molecule has 1 fully saturated rings. The van der Waals surface area contributed by atoms with Crippen molar-refractivity contribution >= 4 is 50.7 Å². The van der Waals surface area contributed by atoms with E-state index in [2.05, 4.69) is 5.32 Å². The fourth-order valence-electron chi connectivity index (χ4n) is 4.94. The fraction of sp³-hybridized carbons (Fsp3) is 0.333. The summed E-state index contributed by atoms with van der Waals surface area (Å²) in [5.41, 5.74) is 1.64. The molecule has 0 saturated heterocycles. The van der Waals surface area contributed by atoms with E-state index in [-0.39, 0.29) is 23.4 Å². The SMILES string of the molecule is Cc1cc(Cl)ccc1N(CC(=O)N(Cc1cccc(Cl)c1)[C@H](C)C(=O)NC1CCCC1)S(=O)(=O)c1ccccc1. The molecule has 0 unspecified atom stereocenters. The van der Waals surface area contributed by atoms with E-state index in [1.54, 1.807) is 68.4 Å². The molecule has 1 saturated carbocycles. The predicted octanol–water partition coefficient (Wildman–Crippen LogP) is 5.97. The molecule has 1 aliphatic carbocycles. The van der Waals surface area contributed by atoms with Crippen molar-refractivity contribution in [1.29, 1.82) is 0 Å². The van der Waals surface area contributed by atoms with E-state index >= 15 is 0 Å². The second-order valence-corrected chi connectivity index (χ2v) is 12.8. The molecule has 1 atom stereocenters. The van der Waals surface area contributed by atoms with Crippen molar-refractivity contribution in [1.82, 2.24) is 10.2 Å². The van der Waals surface area contributed by atoms with Gasteiger partial charge in [0.15, 0.2) is 0 Å². The van der Waals surface area contributed by atoms with E-state index in [1.165, 1.54) is 17.0 Å². The van der Waals surface area contributed by atoms with Crippen LogP contribution in [-0.4, -0.2) is 43.8 Å². The van der Waals surface area contributed by atoms with Gasteiger partial charge in [-0.2, -0.15) is 0 Å². The van der Waals surface area contributed by atoms with Crippen molar-refractivity contribution in [3.05, 3.63) is 94.0 Å². The van der Waals surface area contributed by atoms with Gasteiger partial charge in [-0.25, -0.2) is 8.42 Å². The second-order valence-electron chi connectivity index (χ2n) is 10.1. The van der Waals surface area contributed by atoms with Gasteiger partial charge >= 0.3 is 0 Å². The Labute approximate surface area is 246 Å². The van der Waals surface area contributed by atoms with E-state index in [1.807, 2.05) is 6.07 Å². The number of sulfonamides is 1. The summed E-state index contributed by atoms with van der Waals surface area (Å²) < 4.78 is 28.9. The molecule has 0 bridgehead atoms. The first-order chi connectivity index (χ1) is 19.1. The topological polar surface area (TPSA) is 86.8 Å². The number of amides is 2. The molecule has 4 rings (SSSR count). The number of anilines is 1. The maximum Gasteiger partial charge on any atom is 0.264 e. The Morgan fingerprint density at radius 1 is 0.950 bits per heavy atom. The lowest BCUT2D eigenvalue weighted by atomic mass is 10.1. The Kier molecular flexibility index (Phi) is 9.77. The van der Waals surface area contributed by atoms with Crippen molar-refractivity contribution in [2.75, 3.05) is 10.8 Å². The van der Waals surface area contributed by atoms with Crippen LogP contribution < -0.4 is 9.62 Å². The van der Waals surface area contributed by atoms with Gasteiger partial charge in [0, 0.05) is 22.6 Å². The van der Waals surface area contributed by atoms with Gasteiger partial charge in [0.2, 0.25) is 11.8 Å².